The lowest BCUT2D eigenvalue weighted by Gasteiger charge is -2.06. The fourth-order valence-electron chi connectivity index (χ4n) is 1.86. The molecule has 3 heteroatoms. The molecule has 0 aromatic heterocycles. The number of benzene rings is 2. The minimum absolute atomic E-state index is 0.000223. The third-order valence-corrected chi connectivity index (χ3v) is 2.89. The lowest BCUT2D eigenvalue weighted by Crippen LogP contribution is -2.03. The summed E-state index contributed by atoms with van der Waals surface area (Å²) >= 11 is 0. The molecule has 0 spiro atoms. The van der Waals surface area contributed by atoms with Crippen LogP contribution in [0.3, 0.4) is 0 Å². The number of carbonyl (C=O) groups excluding carboxylic acids is 1. The van der Waals surface area contributed by atoms with E-state index in [4.69, 9.17) is 0 Å². The van der Waals surface area contributed by atoms with E-state index < -0.39 is 0 Å². The molecule has 2 rings (SSSR count). The van der Waals surface area contributed by atoms with Crippen LogP contribution in [0.1, 0.15) is 10.4 Å². The molecule has 0 amide bonds. The predicted octanol–water partition coefficient (Wildman–Crippen LogP) is 3.32. The first kappa shape index (κ1) is 13.9. The molecule has 0 aliphatic carbocycles. The highest BCUT2D eigenvalue weighted by molar-refractivity contribution is 6.06. The largest absolute Gasteiger partial charge is 0.507 e. The van der Waals surface area contributed by atoms with Crippen molar-refractivity contribution in [1.29, 1.82) is 0 Å². The van der Waals surface area contributed by atoms with Crippen molar-refractivity contribution in [2.24, 2.45) is 0 Å². The molecule has 2 aromatic carbocycles. The summed E-state index contributed by atoms with van der Waals surface area (Å²) in [5, 5.41) is 10.0. The smallest absolute Gasteiger partial charge is 0.190 e. The third-order valence-electron chi connectivity index (χ3n) is 2.89. The molecular weight excluding hydrogens is 250 g/mol. The average molecular weight is 267 g/mol. The maximum atomic E-state index is 11.9. The fourth-order valence-corrected chi connectivity index (χ4v) is 1.86. The highest BCUT2D eigenvalue weighted by Gasteiger charge is 2.09. The zero-order valence-electron chi connectivity index (χ0n) is 11.6. The monoisotopic (exact) mass is 267 g/mol. The Hall–Kier alpha value is -2.55. The first-order valence-corrected chi connectivity index (χ1v) is 6.35. The van der Waals surface area contributed by atoms with Crippen LogP contribution in [0.4, 0.5) is 0 Å². The normalized spacial score (nSPS) is 10.7. The Labute approximate surface area is 118 Å². The minimum atomic E-state index is -0.212. The summed E-state index contributed by atoms with van der Waals surface area (Å²) in [6.07, 6.45) is 3.10. The van der Waals surface area contributed by atoms with Crippen molar-refractivity contribution in [3.05, 3.63) is 66.4 Å². The minimum Gasteiger partial charge on any atom is -0.507 e. The van der Waals surface area contributed by atoms with E-state index in [1.165, 1.54) is 6.08 Å². The van der Waals surface area contributed by atoms with Crippen molar-refractivity contribution in [3.8, 4) is 16.9 Å². The molecule has 3 nitrogen and oxygen atoms in total. The molecule has 0 atom stereocenters. The van der Waals surface area contributed by atoms with Crippen LogP contribution in [0.5, 0.6) is 5.75 Å². The Morgan fingerprint density at radius 1 is 1.05 bits per heavy atom. The molecule has 0 saturated carbocycles. The number of nitrogens with zero attached hydrogens (tertiary/aromatic N) is 1. The molecule has 2 aromatic rings. The van der Waals surface area contributed by atoms with Crippen LogP contribution in [0.25, 0.3) is 11.1 Å². The number of aromatic hydroxyl groups is 1. The van der Waals surface area contributed by atoms with Gasteiger partial charge in [-0.05, 0) is 23.3 Å². The third kappa shape index (κ3) is 3.26. The first-order valence-electron chi connectivity index (χ1n) is 6.35. The molecule has 0 aliphatic heterocycles. The van der Waals surface area contributed by atoms with Crippen molar-refractivity contribution in [2.45, 2.75) is 0 Å². The van der Waals surface area contributed by atoms with Gasteiger partial charge in [-0.25, -0.2) is 0 Å². The van der Waals surface area contributed by atoms with E-state index >= 15 is 0 Å². The second kappa shape index (κ2) is 6.06. The number of allylic oxidation sites excluding steroid dienone is 1. The van der Waals surface area contributed by atoms with Gasteiger partial charge in [-0.15, -0.1) is 0 Å². The molecule has 20 heavy (non-hydrogen) atoms. The highest BCUT2D eigenvalue weighted by atomic mass is 16.3. The molecule has 102 valence electrons. The Morgan fingerprint density at radius 3 is 2.35 bits per heavy atom. The van der Waals surface area contributed by atoms with Crippen LogP contribution in [0.15, 0.2) is 60.8 Å². The van der Waals surface area contributed by atoms with E-state index in [9.17, 15) is 9.90 Å². The van der Waals surface area contributed by atoms with Crippen molar-refractivity contribution in [3.63, 3.8) is 0 Å². The van der Waals surface area contributed by atoms with Gasteiger partial charge < -0.3 is 10.0 Å². The fraction of sp³-hybridized carbons (Fsp3) is 0.118. The molecule has 0 bridgehead atoms. The van der Waals surface area contributed by atoms with Crippen LogP contribution < -0.4 is 0 Å². The SMILES string of the molecule is CN(C)C=CC(=O)c1ccc(-c2ccccc2)cc1O. The zero-order chi connectivity index (χ0) is 14.5. The number of phenolic OH excluding ortho intramolecular Hbond substituents is 1. The summed E-state index contributed by atoms with van der Waals surface area (Å²) in [4.78, 5) is 13.7. The number of carbonyl (C=O) groups is 1. The van der Waals surface area contributed by atoms with Crippen LogP contribution >= 0.6 is 0 Å². The summed E-state index contributed by atoms with van der Waals surface area (Å²) < 4.78 is 0. The van der Waals surface area contributed by atoms with Gasteiger partial charge in [0.2, 0.25) is 0 Å². The van der Waals surface area contributed by atoms with E-state index in [-0.39, 0.29) is 11.5 Å². The van der Waals surface area contributed by atoms with Gasteiger partial charge in [0.25, 0.3) is 0 Å². The van der Waals surface area contributed by atoms with Crippen LogP contribution in [0.2, 0.25) is 0 Å². The predicted molar refractivity (Wildman–Crippen MR) is 80.7 cm³/mol. The van der Waals surface area contributed by atoms with Gasteiger partial charge in [-0.1, -0.05) is 36.4 Å². The average Bonchev–Trinajstić information content (AvgIpc) is 2.45. The van der Waals surface area contributed by atoms with Crippen LogP contribution in [0, 0.1) is 0 Å². The summed E-state index contributed by atoms with van der Waals surface area (Å²) in [6, 6.07) is 14.8. The van der Waals surface area contributed by atoms with Crippen molar-refractivity contribution in [1.82, 2.24) is 4.90 Å². The van der Waals surface area contributed by atoms with Gasteiger partial charge >= 0.3 is 0 Å². The molecule has 0 heterocycles. The van der Waals surface area contributed by atoms with Crippen molar-refractivity contribution in [2.75, 3.05) is 14.1 Å². The van der Waals surface area contributed by atoms with Gasteiger partial charge in [-0.2, -0.15) is 0 Å². The van der Waals surface area contributed by atoms with E-state index in [0.717, 1.165) is 11.1 Å². The number of rotatable bonds is 4. The van der Waals surface area contributed by atoms with Gasteiger partial charge in [0, 0.05) is 26.4 Å². The Bertz CT molecular complexity index is 631. The quantitative estimate of drug-likeness (QED) is 0.682. The molecule has 0 fully saturated rings. The summed E-state index contributed by atoms with van der Waals surface area (Å²) in [6.45, 7) is 0. The Morgan fingerprint density at radius 2 is 1.75 bits per heavy atom. The number of ketones is 1. The second-order valence-electron chi connectivity index (χ2n) is 4.74. The lowest BCUT2D eigenvalue weighted by molar-refractivity contribution is 0.104. The summed E-state index contributed by atoms with van der Waals surface area (Å²) in [7, 11) is 3.67. The standard InChI is InChI=1S/C17H17NO2/c1-18(2)11-10-16(19)15-9-8-14(12-17(15)20)13-6-4-3-5-7-13/h3-12,20H,1-2H3. The van der Waals surface area contributed by atoms with Crippen molar-refractivity contribution < 1.29 is 9.90 Å². The van der Waals surface area contributed by atoms with E-state index in [0.29, 0.717) is 5.56 Å². The number of hydrogen-bond acceptors (Lipinski definition) is 3. The van der Waals surface area contributed by atoms with Gasteiger partial charge in [-0.3, -0.25) is 4.79 Å². The van der Waals surface area contributed by atoms with Gasteiger partial charge in [0.15, 0.2) is 5.78 Å². The maximum Gasteiger partial charge on any atom is 0.190 e. The Balaban J connectivity index is 2.29. The summed E-state index contributed by atoms with van der Waals surface area (Å²) in [5.74, 6) is -0.212. The van der Waals surface area contributed by atoms with E-state index in [2.05, 4.69) is 0 Å². The molecule has 0 aliphatic rings. The topological polar surface area (TPSA) is 40.5 Å². The lowest BCUT2D eigenvalue weighted by atomic mass is 10.0. The van der Waals surface area contributed by atoms with Gasteiger partial charge in [0.05, 0.1) is 5.56 Å². The second-order valence-corrected chi connectivity index (χ2v) is 4.74. The highest BCUT2D eigenvalue weighted by Crippen LogP contribution is 2.26. The maximum absolute atomic E-state index is 11.9. The molecule has 0 saturated heterocycles. The van der Waals surface area contributed by atoms with Crippen LogP contribution in [-0.2, 0) is 0 Å². The molecule has 0 unspecified atom stereocenters. The number of hydrogen-bond donors (Lipinski definition) is 1. The first-order chi connectivity index (χ1) is 9.58. The summed E-state index contributed by atoms with van der Waals surface area (Å²) in [5.41, 5.74) is 2.20. The molecular formula is C17H17NO2. The van der Waals surface area contributed by atoms with Crippen molar-refractivity contribution >= 4 is 5.78 Å². The zero-order valence-corrected chi connectivity index (χ0v) is 11.6. The molecule has 1 N–H and O–H groups in total. The van der Waals surface area contributed by atoms with E-state index in [1.807, 2.05) is 50.5 Å². The molecule has 0 radical (unpaired) electrons. The van der Waals surface area contributed by atoms with Crippen LogP contribution in [-0.4, -0.2) is 29.9 Å². The van der Waals surface area contributed by atoms with E-state index in [1.54, 1.807) is 23.2 Å². The van der Waals surface area contributed by atoms with Gasteiger partial charge in [0.1, 0.15) is 5.75 Å². The Kier molecular flexibility index (Phi) is 4.20. The number of phenols is 1.